The molecule has 2 aliphatic rings. The number of carbonyl (C=O) groups excluding carboxylic acids is 1. The Morgan fingerprint density at radius 2 is 2.07 bits per heavy atom. The van der Waals surface area contributed by atoms with Gasteiger partial charge in [-0.05, 0) is 48.9 Å². The molecule has 27 heavy (non-hydrogen) atoms. The molecule has 0 spiro atoms. The van der Waals surface area contributed by atoms with Gasteiger partial charge in [-0.1, -0.05) is 0 Å². The van der Waals surface area contributed by atoms with E-state index in [1.165, 1.54) is 0 Å². The summed E-state index contributed by atoms with van der Waals surface area (Å²) in [6, 6.07) is 7.30. The Morgan fingerprint density at radius 1 is 1.26 bits per heavy atom. The molecule has 1 amide bonds. The van der Waals surface area contributed by atoms with Gasteiger partial charge in [0.1, 0.15) is 5.52 Å². The topological polar surface area (TPSA) is 84.4 Å². The Bertz CT molecular complexity index is 980. The van der Waals surface area contributed by atoms with Gasteiger partial charge in [-0.2, -0.15) is 5.10 Å². The van der Waals surface area contributed by atoms with E-state index in [2.05, 4.69) is 10.1 Å². The molecule has 0 unspecified atom stereocenters. The number of hydrogen-bond donors (Lipinski definition) is 1. The number of amides is 1. The van der Waals surface area contributed by atoms with Gasteiger partial charge in [0.25, 0.3) is 5.91 Å². The van der Waals surface area contributed by atoms with E-state index in [0.717, 1.165) is 18.5 Å². The van der Waals surface area contributed by atoms with Crippen LogP contribution < -0.4 is 0 Å². The highest BCUT2D eigenvalue weighted by molar-refractivity contribution is 5.97. The second-order valence-corrected chi connectivity index (χ2v) is 7.74. The summed E-state index contributed by atoms with van der Waals surface area (Å²) in [5, 5.41) is 14.9. The first-order chi connectivity index (χ1) is 13.1. The highest BCUT2D eigenvalue weighted by Gasteiger charge is 2.43. The van der Waals surface area contributed by atoms with Crippen LogP contribution >= 0.6 is 0 Å². The molecule has 140 valence electrons. The van der Waals surface area contributed by atoms with Gasteiger partial charge >= 0.3 is 0 Å². The molecule has 1 aliphatic carbocycles. The van der Waals surface area contributed by atoms with Gasteiger partial charge in [0.2, 0.25) is 0 Å². The number of oxazole rings is 1. The lowest BCUT2D eigenvalue weighted by atomic mass is 9.77. The standard InChI is InChI=1S/C20H22N4O3/c1-12-22-16-4-3-13(9-19(16)27-12)20(26)23-10-14-7-17(24-6-2-5-21-24)18(25)8-15(14)11-23/h2-6,9,14-15,17-18,25H,7-8,10-11H2,1H3/t14-,15+,17-,18-/m1/s1. The van der Waals surface area contributed by atoms with Crippen molar-refractivity contribution in [3.63, 3.8) is 0 Å². The molecule has 0 bridgehead atoms. The van der Waals surface area contributed by atoms with E-state index < -0.39 is 6.10 Å². The Kier molecular flexibility index (Phi) is 3.79. The van der Waals surface area contributed by atoms with Crippen molar-refractivity contribution in [3.05, 3.63) is 48.1 Å². The molecule has 2 fully saturated rings. The summed E-state index contributed by atoms with van der Waals surface area (Å²) in [6.07, 6.45) is 4.78. The number of benzene rings is 1. The van der Waals surface area contributed by atoms with Crippen molar-refractivity contribution in [2.45, 2.75) is 31.9 Å². The molecule has 1 aromatic carbocycles. The monoisotopic (exact) mass is 366 g/mol. The van der Waals surface area contributed by atoms with Crippen LogP contribution in [0.3, 0.4) is 0 Å². The molecule has 4 atom stereocenters. The third-order valence-electron chi connectivity index (χ3n) is 6.00. The lowest BCUT2D eigenvalue weighted by Gasteiger charge is -2.35. The average Bonchev–Trinajstić information content (AvgIpc) is 3.37. The van der Waals surface area contributed by atoms with Crippen LogP contribution in [0, 0.1) is 18.8 Å². The van der Waals surface area contributed by atoms with E-state index >= 15 is 0 Å². The van der Waals surface area contributed by atoms with Crippen LogP contribution in [0.2, 0.25) is 0 Å². The largest absolute Gasteiger partial charge is 0.441 e. The Hall–Kier alpha value is -2.67. The number of fused-ring (bicyclic) bond motifs is 2. The van der Waals surface area contributed by atoms with E-state index in [-0.39, 0.29) is 11.9 Å². The number of aliphatic hydroxyl groups is 1. The van der Waals surface area contributed by atoms with Crippen LogP contribution in [-0.2, 0) is 0 Å². The summed E-state index contributed by atoms with van der Waals surface area (Å²) < 4.78 is 7.41. The zero-order valence-corrected chi connectivity index (χ0v) is 15.2. The van der Waals surface area contributed by atoms with Gasteiger partial charge in [0, 0.05) is 38.0 Å². The van der Waals surface area contributed by atoms with Gasteiger partial charge in [-0.15, -0.1) is 0 Å². The number of hydrogen-bond acceptors (Lipinski definition) is 5. The first-order valence-corrected chi connectivity index (χ1v) is 9.42. The second kappa shape index (κ2) is 6.20. The van der Waals surface area contributed by atoms with Gasteiger partial charge in [-0.3, -0.25) is 9.48 Å². The minimum absolute atomic E-state index is 0.00943. The summed E-state index contributed by atoms with van der Waals surface area (Å²) in [6.45, 7) is 3.22. The van der Waals surface area contributed by atoms with Crippen LogP contribution in [0.1, 0.15) is 35.1 Å². The van der Waals surface area contributed by atoms with Gasteiger partial charge in [0.05, 0.1) is 12.1 Å². The van der Waals surface area contributed by atoms with E-state index in [0.29, 0.717) is 41.8 Å². The minimum atomic E-state index is -0.422. The van der Waals surface area contributed by atoms with Crippen molar-refractivity contribution >= 4 is 17.0 Å². The van der Waals surface area contributed by atoms with E-state index in [1.54, 1.807) is 19.2 Å². The Balaban J connectivity index is 1.34. The van der Waals surface area contributed by atoms with Crippen molar-refractivity contribution < 1.29 is 14.3 Å². The zero-order valence-electron chi connectivity index (χ0n) is 15.2. The molecule has 3 heterocycles. The SMILES string of the molecule is Cc1nc2ccc(C(=O)N3C[C@H]4C[C@@H](n5cccn5)[C@H](O)C[C@H]4C3)cc2o1. The highest BCUT2D eigenvalue weighted by Crippen LogP contribution is 2.41. The molecule has 7 heteroatoms. The molecule has 0 radical (unpaired) electrons. The molecule has 1 saturated heterocycles. The molecular weight excluding hydrogens is 344 g/mol. The number of nitrogens with zero attached hydrogens (tertiary/aromatic N) is 4. The molecule has 5 rings (SSSR count). The number of carbonyl (C=O) groups is 1. The van der Waals surface area contributed by atoms with Gasteiger partial charge in [0.15, 0.2) is 11.5 Å². The number of aromatic nitrogens is 3. The van der Waals surface area contributed by atoms with Crippen LogP contribution in [0.15, 0.2) is 41.1 Å². The van der Waals surface area contributed by atoms with Crippen LogP contribution in [0.25, 0.3) is 11.1 Å². The summed E-state index contributed by atoms with van der Waals surface area (Å²) >= 11 is 0. The normalized spacial score (nSPS) is 27.9. The smallest absolute Gasteiger partial charge is 0.254 e. The maximum absolute atomic E-state index is 13.0. The van der Waals surface area contributed by atoms with Crippen LogP contribution in [-0.4, -0.2) is 49.9 Å². The lowest BCUT2D eigenvalue weighted by molar-refractivity contribution is 0.0306. The fourth-order valence-electron chi connectivity index (χ4n) is 4.69. The van der Waals surface area contributed by atoms with Crippen molar-refractivity contribution in [1.82, 2.24) is 19.7 Å². The molecule has 1 aliphatic heterocycles. The zero-order chi connectivity index (χ0) is 18.5. The van der Waals surface area contributed by atoms with Crippen LogP contribution in [0.4, 0.5) is 0 Å². The molecule has 2 aromatic heterocycles. The maximum atomic E-state index is 13.0. The van der Waals surface area contributed by atoms with Crippen molar-refractivity contribution in [2.75, 3.05) is 13.1 Å². The Labute approximate surface area is 156 Å². The minimum Gasteiger partial charge on any atom is -0.441 e. The first-order valence-electron chi connectivity index (χ1n) is 9.42. The number of rotatable bonds is 2. The molecular formula is C20H22N4O3. The summed E-state index contributed by atoms with van der Waals surface area (Å²) in [4.78, 5) is 19.2. The lowest BCUT2D eigenvalue weighted by Crippen LogP contribution is -2.36. The average molecular weight is 366 g/mol. The molecule has 7 nitrogen and oxygen atoms in total. The Morgan fingerprint density at radius 3 is 2.85 bits per heavy atom. The number of aliphatic hydroxyl groups excluding tert-OH is 1. The van der Waals surface area contributed by atoms with Gasteiger partial charge in [-0.25, -0.2) is 4.98 Å². The quantitative estimate of drug-likeness (QED) is 0.753. The van der Waals surface area contributed by atoms with Crippen molar-refractivity contribution in [3.8, 4) is 0 Å². The van der Waals surface area contributed by atoms with Gasteiger partial charge < -0.3 is 14.4 Å². The fourth-order valence-corrected chi connectivity index (χ4v) is 4.69. The molecule has 1 N–H and O–H groups in total. The third-order valence-corrected chi connectivity index (χ3v) is 6.00. The molecule has 1 saturated carbocycles. The predicted octanol–water partition coefficient (Wildman–Crippen LogP) is 2.42. The molecule has 3 aromatic rings. The van der Waals surface area contributed by atoms with E-state index in [1.807, 2.05) is 34.0 Å². The number of likely N-dealkylation sites (tertiary alicyclic amines) is 1. The van der Waals surface area contributed by atoms with E-state index in [9.17, 15) is 9.90 Å². The maximum Gasteiger partial charge on any atom is 0.254 e. The summed E-state index contributed by atoms with van der Waals surface area (Å²) in [5.41, 5.74) is 2.04. The predicted molar refractivity (Wildman–Crippen MR) is 98.1 cm³/mol. The van der Waals surface area contributed by atoms with Crippen LogP contribution in [0.5, 0.6) is 0 Å². The third kappa shape index (κ3) is 2.82. The number of aryl methyl sites for hydroxylation is 1. The van der Waals surface area contributed by atoms with Crippen molar-refractivity contribution in [1.29, 1.82) is 0 Å². The second-order valence-electron chi connectivity index (χ2n) is 7.74. The summed E-state index contributed by atoms with van der Waals surface area (Å²) in [7, 11) is 0. The summed E-state index contributed by atoms with van der Waals surface area (Å²) in [5.74, 6) is 1.35. The highest BCUT2D eigenvalue weighted by atomic mass is 16.3. The van der Waals surface area contributed by atoms with Crippen molar-refractivity contribution in [2.24, 2.45) is 11.8 Å². The first kappa shape index (κ1) is 16.5. The van der Waals surface area contributed by atoms with E-state index in [4.69, 9.17) is 4.42 Å². The fraction of sp³-hybridized carbons (Fsp3) is 0.450.